The fourth-order valence-corrected chi connectivity index (χ4v) is 4.31. The summed E-state index contributed by atoms with van der Waals surface area (Å²) in [6.45, 7) is 11.5. The van der Waals surface area contributed by atoms with Crippen molar-refractivity contribution in [3.8, 4) is 0 Å². The summed E-state index contributed by atoms with van der Waals surface area (Å²) in [6, 6.07) is 9.75. The molecule has 6 heteroatoms. The van der Waals surface area contributed by atoms with E-state index in [-0.39, 0.29) is 11.7 Å². The van der Waals surface area contributed by atoms with Crippen molar-refractivity contribution in [2.75, 3.05) is 32.7 Å². The Morgan fingerprint density at radius 1 is 1.03 bits per heavy atom. The van der Waals surface area contributed by atoms with Crippen LogP contribution in [-0.4, -0.2) is 58.8 Å². The van der Waals surface area contributed by atoms with Crippen molar-refractivity contribution < 1.29 is 9.59 Å². The highest BCUT2D eigenvalue weighted by atomic mass is 35.5. The standard InChI is InChI=1S/C23H30ClN3O2/c1-16(2)27-17(3)13-21(18(27)4)22(28)15-25-9-11-26(12-10-25)23(29)14-19-5-7-20(24)8-6-19/h5-8,13,16H,9-12,14-15H2,1-4H3. The predicted octanol–water partition coefficient (Wildman–Crippen LogP) is 3.91. The largest absolute Gasteiger partial charge is 0.346 e. The van der Waals surface area contributed by atoms with Crippen LogP contribution < -0.4 is 0 Å². The molecule has 2 heterocycles. The lowest BCUT2D eigenvalue weighted by molar-refractivity contribution is -0.132. The molecule has 0 bridgehead atoms. The predicted molar refractivity (Wildman–Crippen MR) is 117 cm³/mol. The van der Waals surface area contributed by atoms with Crippen molar-refractivity contribution in [2.24, 2.45) is 0 Å². The van der Waals surface area contributed by atoms with Gasteiger partial charge in [-0.2, -0.15) is 0 Å². The van der Waals surface area contributed by atoms with Gasteiger partial charge in [-0.25, -0.2) is 0 Å². The third-order valence-electron chi connectivity index (χ3n) is 5.66. The molecule has 1 aromatic heterocycles. The quantitative estimate of drug-likeness (QED) is 0.672. The number of piperazine rings is 1. The number of rotatable bonds is 6. The van der Waals surface area contributed by atoms with Crippen LogP contribution in [0.1, 0.15) is 47.2 Å². The molecule has 5 nitrogen and oxygen atoms in total. The van der Waals surface area contributed by atoms with Crippen LogP contribution in [0.15, 0.2) is 30.3 Å². The number of amides is 1. The number of aromatic nitrogens is 1. The van der Waals surface area contributed by atoms with Crippen LogP contribution in [0.25, 0.3) is 0 Å². The summed E-state index contributed by atoms with van der Waals surface area (Å²) in [7, 11) is 0. The first-order valence-electron chi connectivity index (χ1n) is 10.2. The van der Waals surface area contributed by atoms with E-state index >= 15 is 0 Å². The molecule has 1 aliphatic heterocycles. The Labute approximate surface area is 178 Å². The fraction of sp³-hybridized carbons (Fsp3) is 0.478. The van der Waals surface area contributed by atoms with Gasteiger partial charge in [-0.15, -0.1) is 0 Å². The zero-order valence-corrected chi connectivity index (χ0v) is 18.5. The second kappa shape index (κ2) is 9.14. The Balaban J connectivity index is 1.53. The van der Waals surface area contributed by atoms with E-state index in [4.69, 9.17) is 11.6 Å². The average molecular weight is 416 g/mol. The lowest BCUT2D eigenvalue weighted by atomic mass is 10.1. The van der Waals surface area contributed by atoms with E-state index in [1.807, 2.05) is 42.2 Å². The van der Waals surface area contributed by atoms with Crippen molar-refractivity contribution in [3.63, 3.8) is 0 Å². The minimum absolute atomic E-state index is 0.124. The van der Waals surface area contributed by atoms with Crippen molar-refractivity contribution >= 4 is 23.3 Å². The molecular formula is C23H30ClN3O2. The topological polar surface area (TPSA) is 45.6 Å². The maximum atomic E-state index is 12.9. The molecule has 3 rings (SSSR count). The van der Waals surface area contributed by atoms with Gasteiger partial charge in [0, 0.05) is 54.2 Å². The van der Waals surface area contributed by atoms with Crippen LogP contribution in [0.2, 0.25) is 5.02 Å². The van der Waals surface area contributed by atoms with Gasteiger partial charge in [-0.1, -0.05) is 23.7 Å². The number of carbonyl (C=O) groups is 2. The van der Waals surface area contributed by atoms with Gasteiger partial charge in [-0.3, -0.25) is 14.5 Å². The maximum absolute atomic E-state index is 12.9. The lowest BCUT2D eigenvalue weighted by Crippen LogP contribution is -2.50. The number of ketones is 1. The van der Waals surface area contributed by atoms with Gasteiger partial charge in [0.25, 0.3) is 0 Å². The molecule has 156 valence electrons. The van der Waals surface area contributed by atoms with E-state index in [2.05, 4.69) is 30.2 Å². The number of halogens is 1. The van der Waals surface area contributed by atoms with Crippen molar-refractivity contribution in [1.29, 1.82) is 0 Å². The molecule has 0 atom stereocenters. The minimum atomic E-state index is 0.124. The Morgan fingerprint density at radius 3 is 2.21 bits per heavy atom. The number of hydrogen-bond donors (Lipinski definition) is 0. The van der Waals surface area contributed by atoms with E-state index in [1.54, 1.807) is 0 Å². The first-order chi connectivity index (χ1) is 13.8. The number of aryl methyl sites for hydroxylation is 1. The Kier molecular flexibility index (Phi) is 6.81. The zero-order valence-electron chi connectivity index (χ0n) is 17.7. The smallest absolute Gasteiger partial charge is 0.227 e. The van der Waals surface area contributed by atoms with Crippen molar-refractivity contribution in [3.05, 3.63) is 57.9 Å². The van der Waals surface area contributed by atoms with Gasteiger partial charge < -0.3 is 9.47 Å². The van der Waals surface area contributed by atoms with Crippen LogP contribution in [0.3, 0.4) is 0 Å². The highest BCUT2D eigenvalue weighted by Crippen LogP contribution is 2.21. The lowest BCUT2D eigenvalue weighted by Gasteiger charge is -2.34. The molecular weight excluding hydrogens is 386 g/mol. The van der Waals surface area contributed by atoms with Gasteiger partial charge in [0.2, 0.25) is 5.91 Å². The average Bonchev–Trinajstić information content (AvgIpc) is 2.98. The number of benzene rings is 1. The third kappa shape index (κ3) is 5.09. The van der Waals surface area contributed by atoms with E-state index in [0.717, 1.165) is 35.6 Å². The zero-order chi connectivity index (χ0) is 21.1. The van der Waals surface area contributed by atoms with E-state index in [0.29, 0.717) is 37.1 Å². The van der Waals surface area contributed by atoms with Crippen LogP contribution in [0.4, 0.5) is 0 Å². The number of carbonyl (C=O) groups excluding carboxylic acids is 2. The SMILES string of the molecule is Cc1cc(C(=O)CN2CCN(C(=O)Cc3ccc(Cl)cc3)CC2)c(C)n1C(C)C. The Bertz CT molecular complexity index is 878. The van der Waals surface area contributed by atoms with Crippen LogP contribution in [0, 0.1) is 13.8 Å². The van der Waals surface area contributed by atoms with E-state index in [1.165, 1.54) is 0 Å². The van der Waals surface area contributed by atoms with Gasteiger partial charge in [-0.05, 0) is 51.5 Å². The first-order valence-corrected chi connectivity index (χ1v) is 10.6. The highest BCUT2D eigenvalue weighted by Gasteiger charge is 2.24. The second-order valence-electron chi connectivity index (χ2n) is 8.13. The molecule has 1 aliphatic rings. The molecule has 0 unspecified atom stereocenters. The molecule has 1 amide bonds. The van der Waals surface area contributed by atoms with E-state index < -0.39 is 0 Å². The molecule has 0 radical (unpaired) electrons. The summed E-state index contributed by atoms with van der Waals surface area (Å²) in [5.41, 5.74) is 3.95. The molecule has 1 saturated heterocycles. The monoisotopic (exact) mass is 415 g/mol. The van der Waals surface area contributed by atoms with Gasteiger partial charge in [0.05, 0.1) is 13.0 Å². The molecule has 0 saturated carbocycles. The molecule has 1 aromatic carbocycles. The summed E-state index contributed by atoms with van der Waals surface area (Å²) >= 11 is 5.90. The number of hydrogen-bond acceptors (Lipinski definition) is 3. The maximum Gasteiger partial charge on any atom is 0.227 e. The Morgan fingerprint density at radius 2 is 1.66 bits per heavy atom. The molecule has 0 N–H and O–H groups in total. The molecule has 29 heavy (non-hydrogen) atoms. The van der Waals surface area contributed by atoms with Crippen LogP contribution in [0.5, 0.6) is 0 Å². The minimum Gasteiger partial charge on any atom is -0.346 e. The van der Waals surface area contributed by atoms with E-state index in [9.17, 15) is 9.59 Å². The van der Waals surface area contributed by atoms with Crippen molar-refractivity contribution in [2.45, 2.75) is 40.2 Å². The summed E-state index contributed by atoms with van der Waals surface area (Å²) < 4.78 is 2.21. The molecule has 1 fully saturated rings. The first kappa shape index (κ1) is 21.6. The van der Waals surface area contributed by atoms with Gasteiger partial charge in [0.15, 0.2) is 5.78 Å². The Hall–Kier alpha value is -2.11. The second-order valence-corrected chi connectivity index (χ2v) is 8.57. The fourth-order valence-electron chi connectivity index (χ4n) is 4.19. The molecule has 0 aliphatic carbocycles. The van der Waals surface area contributed by atoms with Gasteiger partial charge >= 0.3 is 0 Å². The molecule has 0 spiro atoms. The highest BCUT2D eigenvalue weighted by molar-refractivity contribution is 6.30. The van der Waals surface area contributed by atoms with Crippen LogP contribution in [-0.2, 0) is 11.2 Å². The van der Waals surface area contributed by atoms with Gasteiger partial charge in [0.1, 0.15) is 0 Å². The van der Waals surface area contributed by atoms with Crippen LogP contribution >= 0.6 is 11.6 Å². The number of nitrogens with zero attached hydrogens (tertiary/aromatic N) is 3. The summed E-state index contributed by atoms with van der Waals surface area (Å²) in [5.74, 6) is 0.282. The normalized spacial score (nSPS) is 15.2. The summed E-state index contributed by atoms with van der Waals surface area (Å²) in [6.07, 6.45) is 0.386. The number of Topliss-reactive ketones (excluding diaryl/α,β-unsaturated/α-hetero) is 1. The molecule has 2 aromatic rings. The third-order valence-corrected chi connectivity index (χ3v) is 5.91. The van der Waals surface area contributed by atoms with Crippen molar-refractivity contribution in [1.82, 2.24) is 14.4 Å². The summed E-state index contributed by atoms with van der Waals surface area (Å²) in [4.78, 5) is 29.5. The summed E-state index contributed by atoms with van der Waals surface area (Å²) in [5, 5.41) is 0.675.